The summed E-state index contributed by atoms with van der Waals surface area (Å²) in [7, 11) is 0. The molecule has 8 heteroatoms. The van der Waals surface area contributed by atoms with Gasteiger partial charge in [0.25, 0.3) is 5.91 Å². The van der Waals surface area contributed by atoms with E-state index in [4.69, 9.17) is 4.74 Å². The summed E-state index contributed by atoms with van der Waals surface area (Å²) in [6.45, 7) is 1.14. The fourth-order valence-electron chi connectivity index (χ4n) is 3.29. The minimum absolute atomic E-state index is 0.111. The smallest absolute Gasteiger partial charge is 0.260 e. The number of hydrogen-bond acceptors (Lipinski definition) is 5. The molecule has 0 bridgehead atoms. The Morgan fingerprint density at radius 1 is 1.35 bits per heavy atom. The number of ether oxygens (including phenoxy) is 1. The quantitative estimate of drug-likeness (QED) is 0.776. The van der Waals surface area contributed by atoms with E-state index >= 15 is 0 Å². The second kappa shape index (κ2) is 7.07. The van der Waals surface area contributed by atoms with Crippen molar-refractivity contribution in [2.75, 3.05) is 19.7 Å². The number of piperidine rings is 1. The Morgan fingerprint density at radius 3 is 3.12 bits per heavy atom. The van der Waals surface area contributed by atoms with Gasteiger partial charge in [-0.3, -0.25) is 9.89 Å². The first kappa shape index (κ1) is 16.4. The molecular formula is C18H18FN5O2. The molecule has 7 nitrogen and oxygen atoms in total. The number of halogens is 1. The number of nitrogens with zero attached hydrogens (tertiary/aromatic N) is 4. The molecule has 1 aliphatic rings. The maximum Gasteiger partial charge on any atom is 0.260 e. The summed E-state index contributed by atoms with van der Waals surface area (Å²) in [5, 5.41) is 7.21. The highest BCUT2D eigenvalue weighted by Gasteiger charge is 2.28. The van der Waals surface area contributed by atoms with Gasteiger partial charge in [-0.05, 0) is 25.0 Å². The zero-order valence-corrected chi connectivity index (χ0v) is 14.1. The summed E-state index contributed by atoms with van der Waals surface area (Å²) in [4.78, 5) is 22.8. The highest BCUT2D eigenvalue weighted by atomic mass is 19.1. The van der Waals surface area contributed by atoms with Crippen molar-refractivity contribution in [3.8, 4) is 5.75 Å². The van der Waals surface area contributed by atoms with E-state index in [0.29, 0.717) is 24.5 Å². The normalized spacial score (nSPS) is 17.4. The van der Waals surface area contributed by atoms with Crippen LogP contribution in [0.1, 0.15) is 24.5 Å². The van der Waals surface area contributed by atoms with Crippen molar-refractivity contribution in [2.45, 2.75) is 18.8 Å². The van der Waals surface area contributed by atoms with Crippen molar-refractivity contribution >= 4 is 17.1 Å². The van der Waals surface area contributed by atoms with Gasteiger partial charge in [0, 0.05) is 37.5 Å². The first-order valence-electron chi connectivity index (χ1n) is 8.52. The molecule has 1 atom stereocenters. The Balaban J connectivity index is 1.42. The van der Waals surface area contributed by atoms with E-state index in [2.05, 4.69) is 20.2 Å². The van der Waals surface area contributed by atoms with Crippen LogP contribution in [0.3, 0.4) is 0 Å². The SMILES string of the molecule is O=C(COc1cccc(F)c1)N1CCC[C@@H](c2[nH]nc3nccnc23)C1. The molecule has 1 aliphatic heterocycles. The first-order valence-corrected chi connectivity index (χ1v) is 8.52. The molecule has 2 aromatic heterocycles. The lowest BCUT2D eigenvalue weighted by Gasteiger charge is -2.32. The Hall–Kier alpha value is -3.03. The van der Waals surface area contributed by atoms with Gasteiger partial charge >= 0.3 is 0 Å². The van der Waals surface area contributed by atoms with Gasteiger partial charge in [0.1, 0.15) is 17.1 Å². The van der Waals surface area contributed by atoms with Crippen LogP contribution in [0.2, 0.25) is 0 Å². The zero-order chi connectivity index (χ0) is 17.9. The monoisotopic (exact) mass is 355 g/mol. The topological polar surface area (TPSA) is 84.0 Å². The number of hydrogen-bond donors (Lipinski definition) is 1. The summed E-state index contributed by atoms with van der Waals surface area (Å²) < 4.78 is 18.6. The summed E-state index contributed by atoms with van der Waals surface area (Å²) in [6.07, 6.45) is 5.08. The van der Waals surface area contributed by atoms with Crippen molar-refractivity contribution < 1.29 is 13.9 Å². The van der Waals surface area contributed by atoms with Crippen molar-refractivity contribution in [3.05, 3.63) is 48.2 Å². The molecule has 0 radical (unpaired) electrons. The van der Waals surface area contributed by atoms with Crippen LogP contribution in [0.15, 0.2) is 36.7 Å². The lowest BCUT2D eigenvalue weighted by atomic mass is 9.94. The Labute approximate surface area is 149 Å². The van der Waals surface area contributed by atoms with Crippen molar-refractivity contribution in [3.63, 3.8) is 0 Å². The standard InChI is InChI=1S/C18H18FN5O2/c19-13-4-1-5-14(9-13)26-11-15(25)24-8-2-3-12(10-24)16-17-18(23-22-16)21-7-6-20-17/h1,4-7,9,12H,2-3,8,10-11H2,(H,21,22,23)/t12-/m1/s1. The molecule has 0 saturated carbocycles. The molecule has 1 aromatic carbocycles. The number of fused-ring (bicyclic) bond motifs is 1. The van der Waals surface area contributed by atoms with E-state index in [1.165, 1.54) is 12.1 Å². The maximum absolute atomic E-state index is 13.2. The van der Waals surface area contributed by atoms with Gasteiger partial charge in [-0.15, -0.1) is 0 Å². The fourth-order valence-corrected chi connectivity index (χ4v) is 3.29. The maximum atomic E-state index is 13.2. The van der Waals surface area contributed by atoms with Gasteiger partial charge < -0.3 is 9.64 Å². The van der Waals surface area contributed by atoms with Crippen molar-refractivity contribution in [2.24, 2.45) is 0 Å². The largest absolute Gasteiger partial charge is 0.484 e. The van der Waals surface area contributed by atoms with E-state index in [0.717, 1.165) is 24.1 Å². The Morgan fingerprint density at radius 2 is 2.23 bits per heavy atom. The highest BCUT2D eigenvalue weighted by Crippen LogP contribution is 2.29. The molecule has 4 rings (SSSR count). The number of nitrogens with one attached hydrogen (secondary N) is 1. The lowest BCUT2D eigenvalue weighted by Crippen LogP contribution is -2.41. The number of likely N-dealkylation sites (tertiary alicyclic amines) is 1. The molecule has 0 aliphatic carbocycles. The lowest BCUT2D eigenvalue weighted by molar-refractivity contribution is -0.134. The number of aromatic nitrogens is 4. The van der Waals surface area contributed by atoms with Gasteiger partial charge in [-0.1, -0.05) is 6.07 Å². The predicted octanol–water partition coefficient (Wildman–Crippen LogP) is 2.28. The average molecular weight is 355 g/mol. The van der Waals surface area contributed by atoms with Crippen LogP contribution >= 0.6 is 0 Å². The molecule has 3 heterocycles. The summed E-state index contributed by atoms with van der Waals surface area (Å²) in [5.74, 6) is -0.0283. The first-order chi connectivity index (χ1) is 12.7. The summed E-state index contributed by atoms with van der Waals surface area (Å²) in [5.41, 5.74) is 2.25. The van der Waals surface area contributed by atoms with E-state index < -0.39 is 0 Å². The molecule has 1 N–H and O–H groups in total. The third-order valence-electron chi connectivity index (χ3n) is 4.56. The fraction of sp³-hybridized carbons (Fsp3) is 0.333. The molecule has 0 spiro atoms. The minimum Gasteiger partial charge on any atom is -0.484 e. The number of carbonyl (C=O) groups is 1. The third-order valence-corrected chi connectivity index (χ3v) is 4.56. The molecule has 134 valence electrons. The molecular weight excluding hydrogens is 337 g/mol. The Bertz CT molecular complexity index is 929. The molecule has 0 unspecified atom stereocenters. The zero-order valence-electron chi connectivity index (χ0n) is 14.1. The number of amides is 1. The molecule has 1 fully saturated rings. The average Bonchev–Trinajstić information content (AvgIpc) is 3.10. The molecule has 26 heavy (non-hydrogen) atoms. The summed E-state index contributed by atoms with van der Waals surface area (Å²) >= 11 is 0. The second-order valence-corrected chi connectivity index (χ2v) is 6.29. The van der Waals surface area contributed by atoms with E-state index in [1.807, 2.05) is 0 Å². The number of carbonyl (C=O) groups excluding carboxylic acids is 1. The van der Waals surface area contributed by atoms with Crippen LogP contribution < -0.4 is 4.74 Å². The van der Waals surface area contributed by atoms with E-state index in [1.54, 1.807) is 29.4 Å². The van der Waals surface area contributed by atoms with Crippen LogP contribution in [0.25, 0.3) is 11.2 Å². The number of aromatic amines is 1. The van der Waals surface area contributed by atoms with Gasteiger partial charge in [-0.2, -0.15) is 5.10 Å². The van der Waals surface area contributed by atoms with E-state index in [-0.39, 0.29) is 24.2 Å². The van der Waals surface area contributed by atoms with Crippen LogP contribution in [0, 0.1) is 5.82 Å². The van der Waals surface area contributed by atoms with Crippen LogP contribution in [0.4, 0.5) is 4.39 Å². The molecule has 3 aromatic rings. The highest BCUT2D eigenvalue weighted by molar-refractivity contribution is 5.78. The van der Waals surface area contributed by atoms with Gasteiger partial charge in [0.15, 0.2) is 12.3 Å². The number of H-pyrrole nitrogens is 1. The van der Waals surface area contributed by atoms with Gasteiger partial charge in [-0.25, -0.2) is 14.4 Å². The number of rotatable bonds is 4. The van der Waals surface area contributed by atoms with Crippen molar-refractivity contribution in [1.82, 2.24) is 25.1 Å². The van der Waals surface area contributed by atoms with Crippen LogP contribution in [-0.4, -0.2) is 50.7 Å². The van der Waals surface area contributed by atoms with E-state index in [9.17, 15) is 9.18 Å². The predicted molar refractivity (Wildman–Crippen MR) is 92.1 cm³/mol. The van der Waals surface area contributed by atoms with Crippen LogP contribution in [-0.2, 0) is 4.79 Å². The minimum atomic E-state index is -0.389. The van der Waals surface area contributed by atoms with Crippen molar-refractivity contribution in [1.29, 1.82) is 0 Å². The second-order valence-electron chi connectivity index (χ2n) is 6.29. The third kappa shape index (κ3) is 3.35. The van der Waals surface area contributed by atoms with Gasteiger partial charge in [0.2, 0.25) is 0 Å². The summed E-state index contributed by atoms with van der Waals surface area (Å²) in [6, 6.07) is 5.78. The number of benzene rings is 1. The molecule has 1 amide bonds. The van der Waals surface area contributed by atoms with Crippen LogP contribution in [0.5, 0.6) is 5.75 Å². The molecule has 1 saturated heterocycles. The van der Waals surface area contributed by atoms with Gasteiger partial charge in [0.05, 0.1) is 5.69 Å². The Kier molecular flexibility index (Phi) is 4.47.